The molecule has 0 spiro atoms. The van der Waals surface area contributed by atoms with Crippen LogP contribution in [0.1, 0.15) is 21.9 Å². The van der Waals surface area contributed by atoms with Crippen molar-refractivity contribution in [1.29, 1.82) is 0 Å². The third-order valence-electron chi connectivity index (χ3n) is 2.50. The van der Waals surface area contributed by atoms with E-state index < -0.39 is 0 Å². The molecule has 2 rings (SSSR count). The predicted molar refractivity (Wildman–Crippen MR) is 63.4 cm³/mol. The van der Waals surface area contributed by atoms with Crippen molar-refractivity contribution in [2.45, 2.75) is 13.5 Å². The summed E-state index contributed by atoms with van der Waals surface area (Å²) in [6, 6.07) is 3.69. The summed E-state index contributed by atoms with van der Waals surface area (Å²) >= 11 is 0. The number of pyridine rings is 1. The summed E-state index contributed by atoms with van der Waals surface area (Å²) in [5, 5.41) is 0. The molecule has 0 radical (unpaired) electrons. The summed E-state index contributed by atoms with van der Waals surface area (Å²) in [4.78, 5) is 24.9. The molecule has 0 aliphatic carbocycles. The lowest BCUT2D eigenvalue weighted by molar-refractivity contribution is 0.0775. The topological polar surface area (TPSA) is 61.9 Å². The van der Waals surface area contributed by atoms with Gasteiger partial charge in [-0.15, -0.1) is 0 Å². The van der Waals surface area contributed by atoms with Crippen LogP contribution in [0.15, 0.2) is 30.7 Å². The van der Waals surface area contributed by atoms with Crippen LogP contribution in [0.2, 0.25) is 0 Å². The molecular formula is C12H14N4O. The Morgan fingerprint density at radius 3 is 2.88 bits per heavy atom. The van der Waals surface area contributed by atoms with Gasteiger partial charge in [-0.2, -0.15) is 0 Å². The number of nitrogens with one attached hydrogen (secondary N) is 1. The lowest BCUT2D eigenvalue weighted by atomic mass is 10.2. The van der Waals surface area contributed by atoms with Gasteiger partial charge in [0.1, 0.15) is 11.5 Å². The second-order valence-electron chi connectivity index (χ2n) is 3.87. The third kappa shape index (κ3) is 2.50. The van der Waals surface area contributed by atoms with Gasteiger partial charge in [0.2, 0.25) is 0 Å². The Hall–Kier alpha value is -2.17. The van der Waals surface area contributed by atoms with Crippen molar-refractivity contribution in [1.82, 2.24) is 19.9 Å². The molecule has 0 aliphatic heterocycles. The van der Waals surface area contributed by atoms with Crippen molar-refractivity contribution < 1.29 is 4.79 Å². The van der Waals surface area contributed by atoms with Gasteiger partial charge < -0.3 is 9.88 Å². The molecule has 0 fully saturated rings. The van der Waals surface area contributed by atoms with Gasteiger partial charge >= 0.3 is 0 Å². The number of imidazole rings is 1. The Morgan fingerprint density at radius 1 is 1.41 bits per heavy atom. The van der Waals surface area contributed by atoms with E-state index in [0.717, 1.165) is 11.4 Å². The van der Waals surface area contributed by atoms with E-state index in [1.165, 1.54) is 0 Å². The van der Waals surface area contributed by atoms with Crippen molar-refractivity contribution in [2.24, 2.45) is 0 Å². The minimum atomic E-state index is -0.0977. The van der Waals surface area contributed by atoms with Gasteiger partial charge in [-0.05, 0) is 18.6 Å². The van der Waals surface area contributed by atoms with Crippen molar-refractivity contribution in [3.8, 4) is 0 Å². The highest BCUT2D eigenvalue weighted by Gasteiger charge is 2.15. The number of nitrogens with zero attached hydrogens (tertiary/aromatic N) is 3. The van der Waals surface area contributed by atoms with E-state index in [1.807, 2.05) is 19.1 Å². The van der Waals surface area contributed by atoms with Gasteiger partial charge in [-0.1, -0.05) is 6.07 Å². The molecule has 2 aromatic rings. The molecule has 5 heteroatoms. The quantitative estimate of drug-likeness (QED) is 0.866. The fourth-order valence-corrected chi connectivity index (χ4v) is 1.57. The highest BCUT2D eigenvalue weighted by atomic mass is 16.2. The summed E-state index contributed by atoms with van der Waals surface area (Å²) in [7, 11) is 1.74. The number of hydrogen-bond acceptors (Lipinski definition) is 3. The standard InChI is InChI=1S/C12H14N4O/c1-9-4-3-5-15-11(9)12(17)16(2)8-10-13-6-7-14-10/h3-7H,8H2,1-2H3,(H,13,14). The molecule has 1 N–H and O–H groups in total. The van der Waals surface area contributed by atoms with Crippen LogP contribution in [-0.4, -0.2) is 32.8 Å². The number of amides is 1. The van der Waals surface area contributed by atoms with Crippen LogP contribution < -0.4 is 0 Å². The van der Waals surface area contributed by atoms with Crippen molar-refractivity contribution in [3.05, 3.63) is 47.8 Å². The molecule has 0 aliphatic rings. The maximum Gasteiger partial charge on any atom is 0.272 e. The molecule has 2 aromatic heterocycles. The van der Waals surface area contributed by atoms with Crippen LogP contribution in [0.25, 0.3) is 0 Å². The largest absolute Gasteiger partial charge is 0.347 e. The van der Waals surface area contributed by atoms with Crippen LogP contribution in [0.3, 0.4) is 0 Å². The molecule has 17 heavy (non-hydrogen) atoms. The van der Waals surface area contributed by atoms with Crippen molar-refractivity contribution in [2.75, 3.05) is 7.05 Å². The number of hydrogen-bond donors (Lipinski definition) is 1. The zero-order valence-electron chi connectivity index (χ0n) is 9.84. The molecule has 0 saturated carbocycles. The predicted octanol–water partition coefficient (Wildman–Crippen LogP) is 1.39. The molecule has 0 saturated heterocycles. The van der Waals surface area contributed by atoms with Crippen LogP contribution in [0, 0.1) is 6.92 Å². The number of H-pyrrole nitrogens is 1. The molecular weight excluding hydrogens is 216 g/mol. The first kappa shape index (κ1) is 11.3. The number of carbonyl (C=O) groups is 1. The van der Waals surface area contributed by atoms with Crippen molar-refractivity contribution >= 4 is 5.91 Å². The zero-order valence-corrected chi connectivity index (χ0v) is 9.84. The fraction of sp³-hybridized carbons (Fsp3) is 0.250. The summed E-state index contributed by atoms with van der Waals surface area (Å²) in [5.41, 5.74) is 1.37. The van der Waals surface area contributed by atoms with Crippen LogP contribution >= 0.6 is 0 Å². The number of aryl methyl sites for hydroxylation is 1. The van der Waals surface area contributed by atoms with Crippen LogP contribution in [0.4, 0.5) is 0 Å². The molecule has 0 bridgehead atoms. The molecule has 5 nitrogen and oxygen atoms in total. The average Bonchev–Trinajstić information content (AvgIpc) is 2.81. The number of rotatable bonds is 3. The molecule has 1 amide bonds. The van der Waals surface area contributed by atoms with E-state index in [0.29, 0.717) is 12.2 Å². The lowest BCUT2D eigenvalue weighted by Gasteiger charge is -2.16. The van der Waals surface area contributed by atoms with E-state index in [-0.39, 0.29) is 5.91 Å². The fourth-order valence-electron chi connectivity index (χ4n) is 1.57. The van der Waals surface area contributed by atoms with Gasteiger partial charge in [0.25, 0.3) is 5.91 Å². The lowest BCUT2D eigenvalue weighted by Crippen LogP contribution is -2.28. The number of aromatic nitrogens is 3. The molecule has 88 valence electrons. The van der Waals surface area contributed by atoms with Crippen LogP contribution in [0.5, 0.6) is 0 Å². The first-order valence-electron chi connectivity index (χ1n) is 5.34. The monoisotopic (exact) mass is 230 g/mol. The van der Waals surface area contributed by atoms with E-state index in [9.17, 15) is 4.79 Å². The van der Waals surface area contributed by atoms with Crippen molar-refractivity contribution in [3.63, 3.8) is 0 Å². The maximum atomic E-state index is 12.1. The Balaban J connectivity index is 2.13. The SMILES string of the molecule is Cc1cccnc1C(=O)N(C)Cc1ncc[nH]1. The second kappa shape index (κ2) is 4.78. The zero-order chi connectivity index (χ0) is 12.3. The highest BCUT2D eigenvalue weighted by molar-refractivity contribution is 5.93. The van der Waals surface area contributed by atoms with Gasteiger partial charge in [-0.3, -0.25) is 9.78 Å². The van der Waals surface area contributed by atoms with Gasteiger partial charge in [0.15, 0.2) is 0 Å². The summed E-state index contributed by atoms with van der Waals surface area (Å²) < 4.78 is 0. The minimum Gasteiger partial charge on any atom is -0.347 e. The number of aromatic amines is 1. The average molecular weight is 230 g/mol. The van der Waals surface area contributed by atoms with Crippen LogP contribution in [-0.2, 0) is 6.54 Å². The maximum absolute atomic E-state index is 12.1. The smallest absolute Gasteiger partial charge is 0.272 e. The normalized spacial score (nSPS) is 10.2. The second-order valence-corrected chi connectivity index (χ2v) is 3.87. The summed E-state index contributed by atoms with van der Waals surface area (Å²) in [6.07, 6.45) is 5.03. The van der Waals surface area contributed by atoms with Gasteiger partial charge in [-0.25, -0.2) is 4.98 Å². The molecule has 0 unspecified atom stereocenters. The number of carbonyl (C=O) groups excluding carboxylic acids is 1. The van der Waals surface area contributed by atoms with E-state index in [4.69, 9.17) is 0 Å². The highest BCUT2D eigenvalue weighted by Crippen LogP contribution is 2.07. The summed E-state index contributed by atoms with van der Waals surface area (Å²) in [6.45, 7) is 2.32. The first-order valence-corrected chi connectivity index (χ1v) is 5.34. The molecule has 0 atom stereocenters. The Kier molecular flexibility index (Phi) is 3.18. The minimum absolute atomic E-state index is 0.0977. The Bertz CT molecular complexity index is 507. The Labute approximate surface area is 99.5 Å². The Morgan fingerprint density at radius 2 is 2.24 bits per heavy atom. The van der Waals surface area contributed by atoms with Gasteiger partial charge in [0, 0.05) is 25.6 Å². The van der Waals surface area contributed by atoms with E-state index in [1.54, 1.807) is 30.5 Å². The first-order chi connectivity index (χ1) is 8.18. The van der Waals surface area contributed by atoms with E-state index >= 15 is 0 Å². The van der Waals surface area contributed by atoms with E-state index in [2.05, 4.69) is 15.0 Å². The molecule has 0 aromatic carbocycles. The summed E-state index contributed by atoms with van der Waals surface area (Å²) in [5.74, 6) is 0.661. The van der Waals surface area contributed by atoms with Gasteiger partial charge in [0.05, 0.1) is 6.54 Å². The third-order valence-corrected chi connectivity index (χ3v) is 2.50. The molecule has 2 heterocycles.